The zero-order valence-electron chi connectivity index (χ0n) is 24.0. The Bertz CT molecular complexity index is 1910. The summed E-state index contributed by atoms with van der Waals surface area (Å²) in [6.45, 7) is 0. The third-order valence-corrected chi connectivity index (χ3v) is 12.3. The Labute approximate surface area is 265 Å². The molecule has 0 aliphatic rings. The first-order valence-electron chi connectivity index (χ1n) is 13.4. The highest BCUT2D eigenvalue weighted by atomic mass is 32.3. The van der Waals surface area contributed by atoms with Crippen molar-refractivity contribution in [3.05, 3.63) is 144 Å². The number of hydrogen-bond donors (Lipinski definition) is 0. The minimum Gasteiger partial charge on any atom is -0.497 e. The predicted molar refractivity (Wildman–Crippen MR) is 170 cm³/mol. The molecule has 0 fully saturated rings. The Balaban J connectivity index is 1.61. The molecule has 232 valence electrons. The Hall–Kier alpha value is -4.03. The molecule has 0 saturated carbocycles. The molecule has 0 N–H and O–H groups in total. The van der Waals surface area contributed by atoms with E-state index in [0.717, 1.165) is 22.1 Å². The van der Waals surface area contributed by atoms with Crippen LogP contribution in [0, 0.1) is 0 Å². The summed E-state index contributed by atoms with van der Waals surface area (Å²) in [6.07, 6.45) is -3.97. The van der Waals surface area contributed by atoms with Gasteiger partial charge in [-0.05, 0) is 83.1 Å². The lowest BCUT2D eigenvalue weighted by Crippen LogP contribution is -2.17. The van der Waals surface area contributed by atoms with Gasteiger partial charge in [0.15, 0.2) is 5.78 Å². The first-order chi connectivity index (χ1) is 21.4. The van der Waals surface area contributed by atoms with Crippen LogP contribution in [0.3, 0.4) is 0 Å². The molecular formula is C34H27F3O5S3. The molecule has 11 heteroatoms. The fraction of sp³-hybridized carbons (Fsp3) is 0.0882. The van der Waals surface area contributed by atoms with E-state index >= 15 is 0 Å². The summed E-state index contributed by atoms with van der Waals surface area (Å²) in [6, 6.07) is 33.6. The molecule has 1 unspecified atom stereocenters. The monoisotopic (exact) mass is 668 g/mol. The lowest BCUT2D eigenvalue weighted by molar-refractivity contribution is -0.139. The van der Waals surface area contributed by atoms with Crippen LogP contribution in [0.15, 0.2) is 152 Å². The van der Waals surface area contributed by atoms with Gasteiger partial charge < -0.3 is 4.74 Å². The first-order valence-corrected chi connectivity index (χ1v) is 17.6. The number of methoxy groups -OCH3 is 1. The van der Waals surface area contributed by atoms with Gasteiger partial charge in [0.05, 0.1) is 18.9 Å². The molecule has 5 aromatic rings. The normalized spacial score (nSPS) is 13.9. The van der Waals surface area contributed by atoms with Crippen LogP contribution in [0.25, 0.3) is 0 Å². The van der Waals surface area contributed by atoms with Crippen LogP contribution in [-0.2, 0) is 19.9 Å². The van der Waals surface area contributed by atoms with E-state index in [4.69, 9.17) is 8.37 Å². The molecule has 0 amide bonds. The minimum atomic E-state index is -4.79. The van der Waals surface area contributed by atoms with Crippen molar-refractivity contribution in [1.29, 1.82) is 0 Å². The summed E-state index contributed by atoms with van der Waals surface area (Å²) >= 11 is 1.35. The SMILES string of the molecule is COc1ccc(S(OS(C)(=O)=O)(c2ccc(Sc3cccc(C(=O)c4ccccc4)c3)cc2)c2ccccc2C(F)(F)F)cc1. The fourth-order valence-corrected chi connectivity index (χ4v) is 10.6. The Morgan fingerprint density at radius 3 is 1.87 bits per heavy atom. The van der Waals surface area contributed by atoms with Crippen molar-refractivity contribution >= 4 is 38.0 Å². The van der Waals surface area contributed by atoms with E-state index in [1.165, 1.54) is 49.2 Å². The molecule has 0 radical (unpaired) electrons. The van der Waals surface area contributed by atoms with Gasteiger partial charge >= 0.3 is 6.18 Å². The third-order valence-electron chi connectivity index (χ3n) is 6.64. The van der Waals surface area contributed by atoms with Gasteiger partial charge in [0.25, 0.3) is 10.1 Å². The van der Waals surface area contributed by atoms with E-state index in [-0.39, 0.29) is 20.5 Å². The second kappa shape index (κ2) is 13.1. The van der Waals surface area contributed by atoms with Crippen molar-refractivity contribution < 1.29 is 34.7 Å². The molecular weight excluding hydrogens is 642 g/mol. The zero-order valence-corrected chi connectivity index (χ0v) is 26.5. The van der Waals surface area contributed by atoms with E-state index in [1.54, 1.807) is 78.9 Å². The van der Waals surface area contributed by atoms with Crippen LogP contribution >= 0.6 is 22.1 Å². The van der Waals surface area contributed by atoms with Crippen LogP contribution < -0.4 is 4.74 Å². The maximum absolute atomic E-state index is 14.4. The van der Waals surface area contributed by atoms with Crippen LogP contribution in [-0.4, -0.2) is 27.6 Å². The summed E-state index contributed by atoms with van der Waals surface area (Å²) in [5, 5.41) is 0. The van der Waals surface area contributed by atoms with E-state index in [2.05, 4.69) is 0 Å². The number of benzene rings is 5. The predicted octanol–water partition coefficient (Wildman–Crippen LogP) is 9.27. The number of hydrogen-bond acceptors (Lipinski definition) is 6. The Morgan fingerprint density at radius 2 is 1.27 bits per heavy atom. The number of rotatable bonds is 10. The Morgan fingerprint density at radius 1 is 0.689 bits per heavy atom. The number of alkyl halides is 3. The molecule has 0 aromatic heterocycles. The average molecular weight is 669 g/mol. The number of carbonyl (C=O) groups excluding carboxylic acids is 1. The van der Waals surface area contributed by atoms with Gasteiger partial charge in [-0.15, -0.1) is 0 Å². The summed E-state index contributed by atoms with van der Waals surface area (Å²) in [5.74, 6) is 0.317. The van der Waals surface area contributed by atoms with E-state index in [0.29, 0.717) is 16.9 Å². The highest BCUT2D eigenvalue weighted by Crippen LogP contribution is 2.71. The van der Waals surface area contributed by atoms with Crippen LogP contribution in [0.5, 0.6) is 5.75 Å². The lowest BCUT2D eigenvalue weighted by Gasteiger charge is -2.40. The van der Waals surface area contributed by atoms with Crippen molar-refractivity contribution in [1.82, 2.24) is 0 Å². The molecule has 0 spiro atoms. The number of ether oxygens (including phenoxy) is 1. The second-order valence-corrected chi connectivity index (χ2v) is 15.4. The van der Waals surface area contributed by atoms with Crippen LogP contribution in [0.1, 0.15) is 21.5 Å². The fourth-order valence-electron chi connectivity index (χ4n) is 4.70. The van der Waals surface area contributed by atoms with Crippen molar-refractivity contribution in [2.75, 3.05) is 13.4 Å². The average Bonchev–Trinajstić information content (AvgIpc) is 3.03. The van der Waals surface area contributed by atoms with Crippen LogP contribution in [0.4, 0.5) is 13.2 Å². The zero-order chi connectivity index (χ0) is 32.2. The summed E-state index contributed by atoms with van der Waals surface area (Å²) in [4.78, 5) is 14.6. The van der Waals surface area contributed by atoms with Crippen molar-refractivity contribution in [2.24, 2.45) is 0 Å². The van der Waals surface area contributed by atoms with Crippen molar-refractivity contribution in [2.45, 2.75) is 30.7 Å². The molecule has 0 aliphatic carbocycles. The summed E-state index contributed by atoms with van der Waals surface area (Å²) in [7, 11) is -6.33. The van der Waals surface area contributed by atoms with Crippen LogP contribution in [0.2, 0.25) is 0 Å². The van der Waals surface area contributed by atoms with Gasteiger partial charge in [-0.2, -0.15) is 21.6 Å². The third kappa shape index (κ3) is 7.28. The maximum atomic E-state index is 14.4. The number of halogens is 3. The van der Waals surface area contributed by atoms with Gasteiger partial charge in [0.1, 0.15) is 5.75 Å². The summed E-state index contributed by atoms with van der Waals surface area (Å²) < 4.78 is 79.9. The topological polar surface area (TPSA) is 69.7 Å². The highest BCUT2D eigenvalue weighted by molar-refractivity contribution is 8.33. The number of carbonyl (C=O) groups is 1. The Kier molecular flexibility index (Phi) is 9.45. The molecule has 5 rings (SSSR count). The molecule has 5 nitrogen and oxygen atoms in total. The molecule has 0 saturated heterocycles. The summed E-state index contributed by atoms with van der Waals surface area (Å²) in [5.41, 5.74) is 0.0702. The van der Waals surface area contributed by atoms with E-state index in [9.17, 15) is 26.4 Å². The van der Waals surface area contributed by atoms with Gasteiger partial charge in [-0.25, -0.2) is 3.63 Å². The molecule has 1 atom stereocenters. The molecule has 5 aromatic carbocycles. The molecule has 45 heavy (non-hydrogen) atoms. The van der Waals surface area contributed by atoms with Gasteiger partial charge in [-0.3, -0.25) is 4.79 Å². The quantitative estimate of drug-likeness (QED) is 0.138. The minimum absolute atomic E-state index is 0.123. The maximum Gasteiger partial charge on any atom is 0.417 e. The number of ketones is 1. The van der Waals surface area contributed by atoms with Gasteiger partial charge in [-0.1, -0.05) is 66.4 Å². The van der Waals surface area contributed by atoms with Crippen molar-refractivity contribution in [3.63, 3.8) is 0 Å². The van der Waals surface area contributed by atoms with Gasteiger partial charge in [0, 0.05) is 35.6 Å². The standard InChI is InChI=1S/C34H27F3O5S3/c1-41-26-15-19-29(20-16-26)45(42-44(2,39)40,32-14-7-6-13-31(32)34(35,36)37)30-21-17-27(18-22-30)43-28-12-8-11-25(23-28)33(38)24-9-4-3-5-10-24/h3-23H,1-2H3. The second-order valence-electron chi connectivity index (χ2n) is 9.79. The van der Waals surface area contributed by atoms with E-state index < -0.39 is 32.2 Å². The largest absolute Gasteiger partial charge is 0.497 e. The first kappa shape index (κ1) is 32.4. The molecule has 0 bridgehead atoms. The smallest absolute Gasteiger partial charge is 0.417 e. The van der Waals surface area contributed by atoms with Gasteiger partial charge in [0.2, 0.25) is 0 Å². The van der Waals surface area contributed by atoms with Crippen molar-refractivity contribution in [3.8, 4) is 5.75 Å². The highest BCUT2D eigenvalue weighted by Gasteiger charge is 2.44. The van der Waals surface area contributed by atoms with E-state index in [1.807, 2.05) is 12.1 Å². The lowest BCUT2D eigenvalue weighted by atomic mass is 10.0. The molecule has 0 aliphatic heterocycles. The molecule has 0 heterocycles.